The van der Waals surface area contributed by atoms with E-state index in [2.05, 4.69) is 127 Å². The summed E-state index contributed by atoms with van der Waals surface area (Å²) in [7, 11) is 0. The van der Waals surface area contributed by atoms with Crippen molar-refractivity contribution in [3.63, 3.8) is 0 Å². The quantitative estimate of drug-likeness (QED) is 0.175. The van der Waals surface area contributed by atoms with Crippen LogP contribution in [0.15, 0.2) is 185 Å². The zero-order valence-electron chi connectivity index (χ0n) is 30.3. The smallest absolute Gasteiger partial charge is 0.164 e. The summed E-state index contributed by atoms with van der Waals surface area (Å²) in [5.41, 5.74) is 10.4. The molecule has 0 N–H and O–H groups in total. The lowest BCUT2D eigenvalue weighted by atomic mass is 9.99. The molecule has 0 unspecified atom stereocenters. The Morgan fingerprint density at radius 2 is 0.860 bits per heavy atom. The van der Waals surface area contributed by atoms with Gasteiger partial charge in [0.05, 0.1) is 0 Å². The lowest BCUT2D eigenvalue weighted by Gasteiger charge is -2.09. The number of benzene rings is 8. The molecular formula is C51H29N3O2S. The van der Waals surface area contributed by atoms with Crippen LogP contribution in [-0.2, 0) is 0 Å². The first kappa shape index (κ1) is 31.9. The van der Waals surface area contributed by atoms with Crippen molar-refractivity contribution in [1.29, 1.82) is 0 Å². The molecule has 12 aromatic rings. The monoisotopic (exact) mass is 747 g/mol. The van der Waals surface area contributed by atoms with E-state index in [0.717, 1.165) is 77.3 Å². The van der Waals surface area contributed by atoms with Gasteiger partial charge in [-0.15, -0.1) is 11.3 Å². The molecule has 6 heteroatoms. The summed E-state index contributed by atoms with van der Waals surface area (Å²) in [4.78, 5) is 15.3. The Morgan fingerprint density at radius 3 is 1.67 bits per heavy atom. The fourth-order valence-corrected chi connectivity index (χ4v) is 9.31. The maximum absolute atomic E-state index is 6.50. The molecule has 266 valence electrons. The highest BCUT2D eigenvalue weighted by atomic mass is 32.1. The number of aromatic nitrogens is 3. The summed E-state index contributed by atoms with van der Waals surface area (Å²) < 4.78 is 15.4. The highest BCUT2D eigenvalue weighted by Gasteiger charge is 2.18. The molecular weight excluding hydrogens is 719 g/mol. The van der Waals surface area contributed by atoms with E-state index in [1.54, 1.807) is 0 Å². The summed E-state index contributed by atoms with van der Waals surface area (Å²) in [6.07, 6.45) is 0. The van der Waals surface area contributed by atoms with Gasteiger partial charge in [-0.1, -0.05) is 127 Å². The van der Waals surface area contributed by atoms with Gasteiger partial charge in [0, 0.05) is 58.4 Å². The maximum atomic E-state index is 6.50. The van der Waals surface area contributed by atoms with Crippen molar-refractivity contribution in [3.05, 3.63) is 176 Å². The average molecular weight is 748 g/mol. The van der Waals surface area contributed by atoms with Crippen LogP contribution in [0.3, 0.4) is 0 Å². The van der Waals surface area contributed by atoms with Crippen LogP contribution in [0.2, 0.25) is 0 Å². The molecule has 0 aliphatic heterocycles. The number of rotatable bonds is 5. The van der Waals surface area contributed by atoms with Gasteiger partial charge < -0.3 is 8.83 Å². The number of fused-ring (bicyclic) bond motifs is 9. The zero-order valence-corrected chi connectivity index (χ0v) is 31.1. The fraction of sp³-hybridized carbons (Fsp3) is 0. The largest absolute Gasteiger partial charge is 0.456 e. The minimum Gasteiger partial charge on any atom is -0.456 e. The van der Waals surface area contributed by atoms with Crippen molar-refractivity contribution < 1.29 is 8.83 Å². The number of thiophene rings is 1. The van der Waals surface area contributed by atoms with Crippen LogP contribution in [0.1, 0.15) is 0 Å². The Bertz CT molecular complexity index is 3530. The van der Waals surface area contributed by atoms with E-state index in [1.165, 1.54) is 25.7 Å². The zero-order chi connectivity index (χ0) is 37.5. The molecule has 0 aliphatic rings. The van der Waals surface area contributed by atoms with Crippen molar-refractivity contribution in [1.82, 2.24) is 15.0 Å². The first-order valence-corrected chi connectivity index (χ1v) is 19.7. The number of hydrogen-bond acceptors (Lipinski definition) is 6. The molecule has 0 aliphatic carbocycles. The topological polar surface area (TPSA) is 65.0 Å². The molecule has 8 aromatic carbocycles. The number of nitrogens with zero attached hydrogens (tertiary/aromatic N) is 3. The van der Waals surface area contributed by atoms with Gasteiger partial charge in [-0.25, -0.2) is 15.0 Å². The third-order valence-corrected chi connectivity index (χ3v) is 12.1. The molecule has 4 aromatic heterocycles. The Morgan fingerprint density at radius 1 is 0.316 bits per heavy atom. The van der Waals surface area contributed by atoms with Crippen molar-refractivity contribution in [2.75, 3.05) is 0 Å². The normalized spacial score (nSPS) is 11.9. The number of para-hydroxylation sites is 1. The van der Waals surface area contributed by atoms with Crippen LogP contribution in [0, 0.1) is 0 Å². The first-order valence-electron chi connectivity index (χ1n) is 18.9. The minimum absolute atomic E-state index is 0.560. The molecule has 0 bridgehead atoms. The molecule has 0 saturated carbocycles. The third-order valence-electron chi connectivity index (χ3n) is 11.0. The van der Waals surface area contributed by atoms with E-state index < -0.39 is 0 Å². The van der Waals surface area contributed by atoms with Crippen molar-refractivity contribution in [2.24, 2.45) is 0 Å². The Labute approximate surface area is 330 Å². The van der Waals surface area contributed by atoms with Crippen molar-refractivity contribution >= 4 is 75.4 Å². The van der Waals surface area contributed by atoms with Crippen LogP contribution in [0.5, 0.6) is 0 Å². The molecule has 0 atom stereocenters. The highest BCUT2D eigenvalue weighted by Crippen LogP contribution is 2.40. The Hall–Kier alpha value is -7.41. The van der Waals surface area contributed by atoms with Gasteiger partial charge in [-0.2, -0.15) is 0 Å². The van der Waals surface area contributed by atoms with E-state index in [0.29, 0.717) is 17.5 Å². The number of hydrogen-bond donors (Lipinski definition) is 0. The summed E-state index contributed by atoms with van der Waals surface area (Å²) >= 11 is 1.83. The maximum Gasteiger partial charge on any atom is 0.164 e. The lowest BCUT2D eigenvalue weighted by Crippen LogP contribution is -2.00. The van der Waals surface area contributed by atoms with E-state index in [9.17, 15) is 0 Å². The van der Waals surface area contributed by atoms with Crippen molar-refractivity contribution in [3.8, 4) is 56.4 Å². The molecule has 0 spiro atoms. The van der Waals surface area contributed by atoms with E-state index in [1.807, 2.05) is 59.9 Å². The van der Waals surface area contributed by atoms with Crippen LogP contribution < -0.4 is 0 Å². The van der Waals surface area contributed by atoms with Gasteiger partial charge in [0.25, 0.3) is 0 Å². The van der Waals surface area contributed by atoms with Crippen LogP contribution >= 0.6 is 11.3 Å². The van der Waals surface area contributed by atoms with Crippen molar-refractivity contribution in [2.45, 2.75) is 0 Å². The third kappa shape index (κ3) is 5.26. The van der Waals surface area contributed by atoms with E-state index in [4.69, 9.17) is 23.8 Å². The van der Waals surface area contributed by atoms with Gasteiger partial charge in [0.1, 0.15) is 22.3 Å². The van der Waals surface area contributed by atoms with Gasteiger partial charge in [-0.3, -0.25) is 0 Å². The Balaban J connectivity index is 0.984. The van der Waals surface area contributed by atoms with Gasteiger partial charge in [-0.05, 0) is 70.8 Å². The van der Waals surface area contributed by atoms with Gasteiger partial charge >= 0.3 is 0 Å². The second kappa shape index (κ2) is 12.6. The van der Waals surface area contributed by atoms with Crippen LogP contribution in [0.4, 0.5) is 0 Å². The Kier molecular flexibility index (Phi) is 7.03. The van der Waals surface area contributed by atoms with Gasteiger partial charge in [0.15, 0.2) is 17.5 Å². The SMILES string of the molecule is c1ccc(-c2cccc3oc4cc(-c5nc(-c6ccc(-c7ccc8c(c7)sc7ccccc78)cc6)nc(-c6ccc7c(c6)oc6ccccc67)n5)ccc4c23)cc1. The second-order valence-corrected chi connectivity index (χ2v) is 15.4. The van der Waals surface area contributed by atoms with E-state index in [-0.39, 0.29) is 0 Å². The average Bonchev–Trinajstić information content (AvgIpc) is 3.97. The first-order chi connectivity index (χ1) is 28.2. The van der Waals surface area contributed by atoms with Crippen LogP contribution in [0.25, 0.3) is 120 Å². The van der Waals surface area contributed by atoms with Crippen LogP contribution in [-0.4, -0.2) is 15.0 Å². The predicted molar refractivity (Wildman–Crippen MR) is 234 cm³/mol. The molecule has 0 fully saturated rings. The molecule has 57 heavy (non-hydrogen) atoms. The summed E-state index contributed by atoms with van der Waals surface area (Å²) in [5.74, 6) is 1.71. The molecule has 0 saturated heterocycles. The fourth-order valence-electron chi connectivity index (χ4n) is 8.17. The molecule has 5 nitrogen and oxygen atoms in total. The van der Waals surface area contributed by atoms with E-state index >= 15 is 0 Å². The highest BCUT2D eigenvalue weighted by molar-refractivity contribution is 7.25. The molecule has 0 radical (unpaired) electrons. The standard InChI is InChI=1S/C51H29N3O2S/c1-2-9-31(10-3-1)36-13-8-15-43-48(36)41-26-23-35(28-45(41)56-43)51-53-49(52-50(54-51)34-22-24-38-37-11-4-6-14-42(37)55-44(38)27-34)32-19-17-30(18-20-32)33-21-25-40-39-12-5-7-16-46(39)57-47(40)29-33/h1-29H. The molecule has 4 heterocycles. The second-order valence-electron chi connectivity index (χ2n) is 14.4. The lowest BCUT2D eigenvalue weighted by molar-refractivity contribution is 0.668. The van der Waals surface area contributed by atoms with Gasteiger partial charge in [0.2, 0.25) is 0 Å². The number of furan rings is 2. The molecule has 12 rings (SSSR count). The summed E-state index contributed by atoms with van der Waals surface area (Å²) in [6, 6.07) is 61.0. The summed E-state index contributed by atoms with van der Waals surface area (Å²) in [5, 5.41) is 6.86. The molecule has 0 amide bonds. The predicted octanol–water partition coefficient (Wildman–Crippen LogP) is 14.4. The minimum atomic E-state index is 0.560. The summed E-state index contributed by atoms with van der Waals surface area (Å²) in [6.45, 7) is 0.